The van der Waals surface area contributed by atoms with Gasteiger partial charge >= 0.3 is 0 Å². The van der Waals surface area contributed by atoms with E-state index < -0.39 is 0 Å². The quantitative estimate of drug-likeness (QED) is 0.741. The Labute approximate surface area is 139 Å². The van der Waals surface area contributed by atoms with Gasteiger partial charge in [0.25, 0.3) is 5.91 Å². The van der Waals surface area contributed by atoms with E-state index in [1.54, 1.807) is 29.4 Å². The van der Waals surface area contributed by atoms with Crippen LogP contribution in [0.25, 0.3) is 11.5 Å². The minimum Gasteiger partial charge on any atom is -0.463 e. The molecule has 0 aliphatic carbocycles. The van der Waals surface area contributed by atoms with E-state index in [0.717, 1.165) is 12.8 Å². The third-order valence-electron chi connectivity index (χ3n) is 4.11. The molecule has 3 rings (SSSR count). The smallest absolute Gasteiger partial charge is 0.274 e. The molecule has 0 saturated carbocycles. The molecule has 1 aliphatic rings. The number of furan rings is 1. The van der Waals surface area contributed by atoms with Gasteiger partial charge < -0.3 is 20.4 Å². The number of aromatic amines is 1. The molecule has 3 heterocycles. The van der Waals surface area contributed by atoms with Crippen LogP contribution in [0.3, 0.4) is 0 Å². The highest BCUT2D eigenvalue weighted by Crippen LogP contribution is 2.21. The van der Waals surface area contributed by atoms with Crippen molar-refractivity contribution in [2.45, 2.75) is 12.8 Å². The number of carbonyl (C=O) groups is 2. The van der Waals surface area contributed by atoms with Crippen molar-refractivity contribution in [1.29, 1.82) is 0 Å². The predicted octanol–water partition coefficient (Wildman–Crippen LogP) is 0.597. The van der Waals surface area contributed by atoms with Gasteiger partial charge in [0.05, 0.1) is 12.2 Å². The summed E-state index contributed by atoms with van der Waals surface area (Å²) in [7, 11) is 0. The van der Waals surface area contributed by atoms with Crippen molar-refractivity contribution < 1.29 is 14.0 Å². The maximum Gasteiger partial charge on any atom is 0.274 e. The summed E-state index contributed by atoms with van der Waals surface area (Å²) >= 11 is 0. The molecule has 8 nitrogen and oxygen atoms in total. The number of rotatable bonds is 5. The lowest BCUT2D eigenvalue weighted by atomic mass is 9.97. The summed E-state index contributed by atoms with van der Waals surface area (Å²) in [5.41, 5.74) is 6.38. The van der Waals surface area contributed by atoms with Gasteiger partial charge in [-0.2, -0.15) is 5.10 Å². The molecule has 128 valence electrons. The molecule has 2 aromatic heterocycles. The van der Waals surface area contributed by atoms with E-state index in [9.17, 15) is 9.59 Å². The largest absolute Gasteiger partial charge is 0.463 e. The van der Waals surface area contributed by atoms with Crippen LogP contribution in [0.15, 0.2) is 28.9 Å². The summed E-state index contributed by atoms with van der Waals surface area (Å²) in [6.07, 6.45) is 3.13. The zero-order valence-electron chi connectivity index (χ0n) is 13.3. The molecule has 0 spiro atoms. The lowest BCUT2D eigenvalue weighted by Gasteiger charge is -2.31. The van der Waals surface area contributed by atoms with Gasteiger partial charge in [-0.25, -0.2) is 0 Å². The van der Waals surface area contributed by atoms with Crippen LogP contribution in [0.1, 0.15) is 23.3 Å². The fraction of sp³-hybridized carbons (Fsp3) is 0.438. The van der Waals surface area contributed by atoms with Crippen molar-refractivity contribution in [3.63, 3.8) is 0 Å². The van der Waals surface area contributed by atoms with E-state index >= 15 is 0 Å². The van der Waals surface area contributed by atoms with Gasteiger partial charge in [-0.15, -0.1) is 0 Å². The number of amides is 2. The Kier molecular flexibility index (Phi) is 4.95. The molecule has 1 aliphatic heterocycles. The SMILES string of the molecule is NCCNC(=O)C1CCCN(C(=O)c2cc(-c3ccco3)[nH]n2)C1. The first-order valence-corrected chi connectivity index (χ1v) is 8.05. The van der Waals surface area contributed by atoms with Crippen LogP contribution < -0.4 is 11.1 Å². The van der Waals surface area contributed by atoms with Gasteiger partial charge in [0.2, 0.25) is 5.91 Å². The molecular formula is C16H21N5O3. The van der Waals surface area contributed by atoms with Gasteiger partial charge in [-0.1, -0.05) is 0 Å². The maximum absolute atomic E-state index is 12.6. The Hall–Kier alpha value is -2.61. The van der Waals surface area contributed by atoms with Crippen LogP contribution >= 0.6 is 0 Å². The number of piperidine rings is 1. The molecule has 2 aromatic rings. The molecule has 1 unspecified atom stereocenters. The highest BCUT2D eigenvalue weighted by atomic mass is 16.3. The molecule has 1 saturated heterocycles. The number of hydrogen-bond acceptors (Lipinski definition) is 5. The molecule has 4 N–H and O–H groups in total. The molecule has 0 bridgehead atoms. The van der Waals surface area contributed by atoms with Gasteiger partial charge in [0, 0.05) is 32.2 Å². The Morgan fingerprint density at radius 1 is 1.50 bits per heavy atom. The second-order valence-electron chi connectivity index (χ2n) is 5.81. The summed E-state index contributed by atoms with van der Waals surface area (Å²) in [6, 6.07) is 5.23. The number of likely N-dealkylation sites (tertiary alicyclic amines) is 1. The third kappa shape index (κ3) is 3.48. The molecule has 1 fully saturated rings. The normalized spacial score (nSPS) is 17.7. The first kappa shape index (κ1) is 16.3. The van der Waals surface area contributed by atoms with Crippen LogP contribution in [0.5, 0.6) is 0 Å². The molecule has 2 amide bonds. The summed E-state index contributed by atoms with van der Waals surface area (Å²) in [5, 5.41) is 9.67. The maximum atomic E-state index is 12.6. The first-order chi connectivity index (χ1) is 11.7. The third-order valence-corrected chi connectivity index (χ3v) is 4.11. The summed E-state index contributed by atoms with van der Waals surface area (Å²) in [6.45, 7) is 1.89. The Bertz CT molecular complexity index is 694. The van der Waals surface area contributed by atoms with Crippen molar-refractivity contribution in [2.75, 3.05) is 26.2 Å². The van der Waals surface area contributed by atoms with Crippen molar-refractivity contribution >= 4 is 11.8 Å². The molecule has 24 heavy (non-hydrogen) atoms. The molecule has 0 aromatic carbocycles. The molecule has 1 atom stereocenters. The monoisotopic (exact) mass is 331 g/mol. The van der Waals surface area contributed by atoms with E-state index in [-0.39, 0.29) is 17.7 Å². The molecule has 0 radical (unpaired) electrons. The second-order valence-corrected chi connectivity index (χ2v) is 5.81. The second kappa shape index (κ2) is 7.31. The van der Waals surface area contributed by atoms with Gasteiger partial charge in [0.15, 0.2) is 11.5 Å². The van der Waals surface area contributed by atoms with Crippen molar-refractivity contribution in [2.24, 2.45) is 11.7 Å². The Morgan fingerprint density at radius 2 is 2.38 bits per heavy atom. The number of nitrogens with one attached hydrogen (secondary N) is 2. The van der Waals surface area contributed by atoms with E-state index in [2.05, 4.69) is 15.5 Å². The zero-order chi connectivity index (χ0) is 16.9. The van der Waals surface area contributed by atoms with Crippen LogP contribution in [-0.4, -0.2) is 53.1 Å². The minimum atomic E-state index is -0.197. The van der Waals surface area contributed by atoms with Crippen LogP contribution in [0, 0.1) is 5.92 Å². The van der Waals surface area contributed by atoms with Crippen molar-refractivity contribution in [3.05, 3.63) is 30.2 Å². The highest BCUT2D eigenvalue weighted by molar-refractivity contribution is 5.93. The van der Waals surface area contributed by atoms with Gasteiger partial charge in [-0.05, 0) is 25.0 Å². The lowest BCUT2D eigenvalue weighted by Crippen LogP contribution is -2.46. The summed E-state index contributed by atoms with van der Waals surface area (Å²) in [4.78, 5) is 26.4. The standard InChI is InChI=1S/C16H21N5O3/c17-5-6-18-15(22)11-3-1-7-21(10-11)16(23)13-9-12(19-20-13)14-4-2-8-24-14/h2,4,8-9,11H,1,3,5-7,10,17H2,(H,18,22)(H,19,20). The number of H-pyrrole nitrogens is 1. The fourth-order valence-corrected chi connectivity index (χ4v) is 2.87. The van der Waals surface area contributed by atoms with Gasteiger partial charge in [0.1, 0.15) is 5.69 Å². The first-order valence-electron chi connectivity index (χ1n) is 8.05. The van der Waals surface area contributed by atoms with Crippen molar-refractivity contribution in [1.82, 2.24) is 20.4 Å². The number of nitrogens with zero attached hydrogens (tertiary/aromatic N) is 2. The topological polar surface area (TPSA) is 117 Å². The van der Waals surface area contributed by atoms with Gasteiger partial charge in [-0.3, -0.25) is 14.7 Å². The van der Waals surface area contributed by atoms with Crippen LogP contribution in [0.2, 0.25) is 0 Å². The summed E-state index contributed by atoms with van der Waals surface area (Å²) in [5.74, 6) is 0.202. The highest BCUT2D eigenvalue weighted by Gasteiger charge is 2.29. The Balaban J connectivity index is 1.65. The minimum absolute atomic E-state index is 0.0451. The lowest BCUT2D eigenvalue weighted by molar-refractivity contribution is -0.126. The zero-order valence-corrected chi connectivity index (χ0v) is 13.3. The number of carbonyl (C=O) groups excluding carboxylic acids is 2. The molecule has 8 heteroatoms. The van der Waals surface area contributed by atoms with E-state index in [0.29, 0.717) is 43.3 Å². The number of hydrogen-bond donors (Lipinski definition) is 3. The number of aromatic nitrogens is 2. The van der Waals surface area contributed by atoms with Crippen molar-refractivity contribution in [3.8, 4) is 11.5 Å². The average molecular weight is 331 g/mol. The van der Waals surface area contributed by atoms with E-state index in [1.165, 1.54) is 0 Å². The van der Waals surface area contributed by atoms with E-state index in [1.807, 2.05) is 0 Å². The Morgan fingerprint density at radius 3 is 3.12 bits per heavy atom. The number of nitrogens with two attached hydrogens (primary N) is 1. The predicted molar refractivity (Wildman–Crippen MR) is 87.0 cm³/mol. The molecular weight excluding hydrogens is 310 g/mol. The fourth-order valence-electron chi connectivity index (χ4n) is 2.87. The van der Waals surface area contributed by atoms with E-state index in [4.69, 9.17) is 10.2 Å². The van der Waals surface area contributed by atoms with Crippen LogP contribution in [-0.2, 0) is 4.79 Å². The average Bonchev–Trinajstić information content (AvgIpc) is 3.30. The van der Waals surface area contributed by atoms with Crippen LogP contribution in [0.4, 0.5) is 0 Å². The summed E-state index contributed by atoms with van der Waals surface area (Å²) < 4.78 is 5.28.